The number of nitrogens with zero attached hydrogens (tertiary/aromatic N) is 6. The molecule has 1 atom stereocenters. The molecular formula is C22H27N7O3. The minimum atomic E-state index is -0.679. The molecule has 3 heterocycles. The summed E-state index contributed by atoms with van der Waals surface area (Å²) < 4.78 is 8.79. The highest BCUT2D eigenvalue weighted by Crippen LogP contribution is 2.21. The van der Waals surface area contributed by atoms with E-state index in [2.05, 4.69) is 20.5 Å². The Morgan fingerprint density at radius 2 is 2.06 bits per heavy atom. The van der Waals surface area contributed by atoms with Gasteiger partial charge in [0.25, 0.3) is 11.8 Å². The number of amides is 2. The Labute approximate surface area is 186 Å². The zero-order valence-electron chi connectivity index (χ0n) is 18.3. The Hall–Kier alpha value is -3.53. The Balaban J connectivity index is 1.39. The molecule has 10 nitrogen and oxygen atoms in total. The Bertz CT molecular complexity index is 1080. The number of anilines is 1. The zero-order chi connectivity index (χ0) is 22.5. The summed E-state index contributed by atoms with van der Waals surface area (Å²) in [6, 6.07) is 11.0. The number of nitrogens with one attached hydrogen (secondary N) is 1. The molecule has 1 aromatic carbocycles. The summed E-state index contributed by atoms with van der Waals surface area (Å²) in [4.78, 5) is 31.3. The molecule has 3 aromatic rings. The first-order valence-electron chi connectivity index (χ1n) is 10.7. The van der Waals surface area contributed by atoms with Gasteiger partial charge in [-0.05, 0) is 18.9 Å². The first-order chi connectivity index (χ1) is 15.5. The third kappa shape index (κ3) is 4.86. The summed E-state index contributed by atoms with van der Waals surface area (Å²) in [6.07, 6.45) is 2.63. The molecule has 10 heteroatoms. The molecule has 0 saturated heterocycles. The summed E-state index contributed by atoms with van der Waals surface area (Å²) in [6.45, 7) is 4.23. The van der Waals surface area contributed by atoms with Gasteiger partial charge < -0.3 is 10.1 Å². The molecule has 0 saturated carbocycles. The molecule has 0 aliphatic carbocycles. The van der Waals surface area contributed by atoms with Crippen molar-refractivity contribution in [3.05, 3.63) is 59.8 Å². The maximum atomic E-state index is 13.0. The molecule has 32 heavy (non-hydrogen) atoms. The van der Waals surface area contributed by atoms with E-state index in [1.54, 1.807) is 16.4 Å². The molecular weight excluding hydrogens is 410 g/mol. The van der Waals surface area contributed by atoms with Crippen LogP contribution in [0.15, 0.2) is 42.7 Å². The predicted molar refractivity (Wildman–Crippen MR) is 117 cm³/mol. The first kappa shape index (κ1) is 21.7. The van der Waals surface area contributed by atoms with E-state index < -0.39 is 11.9 Å². The van der Waals surface area contributed by atoms with Gasteiger partial charge in [-0.2, -0.15) is 5.10 Å². The van der Waals surface area contributed by atoms with Gasteiger partial charge in [-0.1, -0.05) is 30.3 Å². The fraction of sp³-hybridized carbons (Fsp3) is 0.409. The van der Waals surface area contributed by atoms with Crippen molar-refractivity contribution < 1.29 is 14.3 Å². The van der Waals surface area contributed by atoms with Crippen molar-refractivity contribution in [1.82, 2.24) is 29.9 Å². The van der Waals surface area contributed by atoms with Gasteiger partial charge in [0.1, 0.15) is 18.2 Å². The van der Waals surface area contributed by atoms with Gasteiger partial charge in [0.15, 0.2) is 0 Å². The molecule has 0 bridgehead atoms. The van der Waals surface area contributed by atoms with Gasteiger partial charge in [-0.3, -0.25) is 14.5 Å². The number of likely N-dealkylation sites (N-methyl/N-ethyl adjacent to an activating group) is 1. The minimum Gasteiger partial charge on any atom is -0.381 e. The average Bonchev–Trinajstić information content (AvgIpc) is 3.41. The van der Waals surface area contributed by atoms with E-state index in [-0.39, 0.29) is 11.7 Å². The highest BCUT2D eigenvalue weighted by Gasteiger charge is 2.31. The molecule has 1 aliphatic heterocycles. The molecule has 0 radical (unpaired) electrons. The van der Waals surface area contributed by atoms with Crippen LogP contribution in [-0.2, 0) is 29.0 Å². The normalized spacial score (nSPS) is 16.0. The maximum absolute atomic E-state index is 13.0. The molecule has 4 rings (SSSR count). The van der Waals surface area contributed by atoms with Crippen molar-refractivity contribution in [2.24, 2.45) is 0 Å². The number of rotatable bonds is 8. The van der Waals surface area contributed by atoms with Gasteiger partial charge in [0.2, 0.25) is 5.82 Å². The van der Waals surface area contributed by atoms with Crippen molar-refractivity contribution in [1.29, 1.82) is 0 Å². The van der Waals surface area contributed by atoms with Crippen LogP contribution in [0.2, 0.25) is 0 Å². The van der Waals surface area contributed by atoms with Crippen LogP contribution in [0.5, 0.6) is 0 Å². The highest BCUT2D eigenvalue weighted by molar-refractivity contribution is 6.00. The fourth-order valence-electron chi connectivity index (χ4n) is 3.66. The second kappa shape index (κ2) is 9.73. The number of ether oxygens (including phenoxy) is 1. The standard InChI is InChI=1S/C22H27N7O3/c1-3-32-12-10-17-13-19-27(2)22(31)18(9-11-29(19)25-17)24-21(30)20-23-15-28(26-20)14-16-7-5-4-6-8-16/h4-8,13,15,18H,3,9-12,14H2,1-2H3,(H,24,30)/t18-/m1/s1. The summed E-state index contributed by atoms with van der Waals surface area (Å²) in [5.41, 5.74) is 1.93. The van der Waals surface area contributed by atoms with E-state index in [9.17, 15) is 9.59 Å². The lowest BCUT2D eigenvalue weighted by Crippen LogP contribution is -2.47. The van der Waals surface area contributed by atoms with E-state index in [0.717, 1.165) is 11.3 Å². The largest absolute Gasteiger partial charge is 0.381 e. The third-order valence-electron chi connectivity index (χ3n) is 5.35. The molecule has 2 aromatic heterocycles. The van der Waals surface area contributed by atoms with E-state index in [0.29, 0.717) is 45.0 Å². The lowest BCUT2D eigenvalue weighted by molar-refractivity contribution is -0.120. The van der Waals surface area contributed by atoms with Crippen LogP contribution in [0.1, 0.15) is 35.2 Å². The number of fused-ring (bicyclic) bond motifs is 1. The number of benzene rings is 1. The van der Waals surface area contributed by atoms with E-state index in [1.807, 2.05) is 43.3 Å². The SMILES string of the molecule is CCOCCc1cc2n(n1)CC[C@@H](NC(=O)c1ncn(Cc3ccccc3)n1)C(=O)N2C. The number of aromatic nitrogens is 5. The van der Waals surface area contributed by atoms with Gasteiger partial charge in [0.05, 0.1) is 18.8 Å². The van der Waals surface area contributed by atoms with Gasteiger partial charge in [-0.15, -0.1) is 5.10 Å². The van der Waals surface area contributed by atoms with Crippen LogP contribution < -0.4 is 10.2 Å². The molecule has 1 N–H and O–H groups in total. The van der Waals surface area contributed by atoms with Crippen LogP contribution in [0.25, 0.3) is 0 Å². The van der Waals surface area contributed by atoms with E-state index in [4.69, 9.17) is 4.74 Å². The number of carbonyl (C=O) groups excluding carboxylic acids is 2. The second-order valence-corrected chi connectivity index (χ2v) is 7.63. The number of hydrogen-bond acceptors (Lipinski definition) is 6. The molecule has 0 spiro atoms. The summed E-state index contributed by atoms with van der Waals surface area (Å²) in [5, 5.41) is 11.6. The molecule has 2 amide bonds. The number of hydrogen-bond donors (Lipinski definition) is 1. The molecule has 0 fully saturated rings. The average molecular weight is 438 g/mol. The summed E-state index contributed by atoms with van der Waals surface area (Å²) in [5.74, 6) is 0.0812. The number of aryl methyl sites for hydroxylation is 1. The van der Waals surface area contributed by atoms with E-state index in [1.165, 1.54) is 11.2 Å². The number of carbonyl (C=O) groups is 2. The minimum absolute atomic E-state index is 0.0385. The monoisotopic (exact) mass is 437 g/mol. The topological polar surface area (TPSA) is 107 Å². The fourth-order valence-corrected chi connectivity index (χ4v) is 3.66. The van der Waals surface area contributed by atoms with Gasteiger partial charge in [-0.25, -0.2) is 14.3 Å². The van der Waals surface area contributed by atoms with Crippen LogP contribution in [0.3, 0.4) is 0 Å². The van der Waals surface area contributed by atoms with E-state index >= 15 is 0 Å². The Kier molecular flexibility index (Phi) is 6.60. The van der Waals surface area contributed by atoms with Crippen molar-refractivity contribution in [2.45, 2.75) is 38.9 Å². The lowest BCUT2D eigenvalue weighted by atomic mass is 10.2. The van der Waals surface area contributed by atoms with Crippen LogP contribution >= 0.6 is 0 Å². The maximum Gasteiger partial charge on any atom is 0.291 e. The lowest BCUT2D eigenvalue weighted by Gasteiger charge is -2.19. The van der Waals surface area contributed by atoms with Crippen molar-refractivity contribution >= 4 is 17.6 Å². The predicted octanol–water partition coefficient (Wildman–Crippen LogP) is 1.27. The summed E-state index contributed by atoms with van der Waals surface area (Å²) >= 11 is 0. The smallest absolute Gasteiger partial charge is 0.291 e. The van der Waals surface area contributed by atoms with Crippen LogP contribution in [0.4, 0.5) is 5.82 Å². The van der Waals surface area contributed by atoms with Gasteiger partial charge >= 0.3 is 0 Å². The van der Waals surface area contributed by atoms with Gasteiger partial charge in [0, 0.05) is 32.7 Å². The molecule has 0 unspecified atom stereocenters. The quantitative estimate of drug-likeness (QED) is 0.532. The highest BCUT2D eigenvalue weighted by atomic mass is 16.5. The third-order valence-corrected chi connectivity index (χ3v) is 5.35. The molecule has 168 valence electrons. The Morgan fingerprint density at radius 3 is 2.84 bits per heavy atom. The zero-order valence-corrected chi connectivity index (χ0v) is 18.3. The van der Waals surface area contributed by atoms with Crippen LogP contribution in [0, 0.1) is 0 Å². The Morgan fingerprint density at radius 1 is 1.25 bits per heavy atom. The molecule has 1 aliphatic rings. The van der Waals surface area contributed by atoms with Crippen molar-refractivity contribution in [2.75, 3.05) is 25.2 Å². The second-order valence-electron chi connectivity index (χ2n) is 7.63. The first-order valence-corrected chi connectivity index (χ1v) is 10.7. The van der Waals surface area contributed by atoms with Crippen LogP contribution in [-0.4, -0.2) is 62.7 Å². The van der Waals surface area contributed by atoms with Crippen molar-refractivity contribution in [3.8, 4) is 0 Å². The van der Waals surface area contributed by atoms with Crippen molar-refractivity contribution in [3.63, 3.8) is 0 Å². The summed E-state index contributed by atoms with van der Waals surface area (Å²) in [7, 11) is 1.69.